The molecule has 0 saturated heterocycles. The first-order chi connectivity index (χ1) is 15.6. The molecule has 2 bridgehead atoms. The maximum atomic E-state index is 10.5. The van der Waals surface area contributed by atoms with Crippen molar-refractivity contribution in [3.63, 3.8) is 0 Å². The average molecular weight is 435 g/mol. The van der Waals surface area contributed by atoms with Crippen LogP contribution in [0.3, 0.4) is 0 Å². The molecule has 2 aromatic heterocycles. The molecule has 168 valence electrons. The number of anilines is 1. The molecule has 1 aliphatic heterocycles. The third kappa shape index (κ3) is 5.19. The van der Waals surface area contributed by atoms with E-state index in [2.05, 4.69) is 43.8 Å². The first kappa shape index (κ1) is 21.7. The van der Waals surface area contributed by atoms with Crippen LogP contribution < -0.4 is 10.1 Å². The van der Waals surface area contributed by atoms with E-state index in [-0.39, 0.29) is 5.88 Å². The Labute approximate surface area is 188 Å². The average Bonchev–Trinajstić information content (AvgIpc) is 3.12. The van der Waals surface area contributed by atoms with Crippen LogP contribution in [0.1, 0.15) is 37.7 Å². The van der Waals surface area contributed by atoms with Crippen molar-refractivity contribution in [1.82, 2.24) is 19.9 Å². The summed E-state index contributed by atoms with van der Waals surface area (Å²) in [5.41, 5.74) is 3.02. The lowest BCUT2D eigenvalue weighted by Gasteiger charge is -2.22. The molecule has 0 atom stereocenters. The summed E-state index contributed by atoms with van der Waals surface area (Å²) >= 11 is 0. The van der Waals surface area contributed by atoms with Crippen LogP contribution in [0, 0.1) is 0 Å². The van der Waals surface area contributed by atoms with Gasteiger partial charge in [0.15, 0.2) is 5.88 Å². The summed E-state index contributed by atoms with van der Waals surface area (Å²) in [5.74, 6) is 1.46. The highest BCUT2D eigenvalue weighted by atomic mass is 16.5. The van der Waals surface area contributed by atoms with Crippen LogP contribution in [0.2, 0.25) is 0 Å². The summed E-state index contributed by atoms with van der Waals surface area (Å²) in [7, 11) is 2.09. The molecule has 0 saturated carbocycles. The number of allylic oxidation sites excluding steroid dienone is 1. The van der Waals surface area contributed by atoms with Crippen LogP contribution >= 0.6 is 0 Å². The molecule has 1 aromatic carbocycles. The monoisotopic (exact) mass is 434 g/mol. The van der Waals surface area contributed by atoms with E-state index in [4.69, 9.17) is 4.74 Å². The number of fused-ring (bicyclic) bond motifs is 2. The lowest BCUT2D eigenvalue weighted by molar-refractivity contribution is 0.304. The fourth-order valence-electron chi connectivity index (χ4n) is 3.76. The summed E-state index contributed by atoms with van der Waals surface area (Å²) in [6.07, 6.45) is 8.25. The van der Waals surface area contributed by atoms with Crippen molar-refractivity contribution < 1.29 is 9.84 Å². The number of ether oxygens (including phenoxy) is 1. The SMILES string of the molecule is C=C1CCCCCOc2cccc(c2)N=Cc2c(O)[nH]c3ncnc(c23)NCCCN1C. The standard InChI is InChI=1S/C24H30N6O2/c1-17-8-4-3-5-13-32-19-10-6-9-18(14-19)26-15-20-21-22(25-11-7-12-30(17)2)27-16-28-23(21)29-24(20)31/h6,9-10,14-16,31H,1,3-5,7-8,11-13H2,2H3,(H2,25,27,28,29). The zero-order chi connectivity index (χ0) is 22.3. The van der Waals surface area contributed by atoms with E-state index in [1.54, 1.807) is 6.21 Å². The van der Waals surface area contributed by atoms with E-state index in [1.807, 2.05) is 24.3 Å². The molecule has 0 fully saturated rings. The number of rotatable bonds is 0. The predicted molar refractivity (Wildman–Crippen MR) is 128 cm³/mol. The van der Waals surface area contributed by atoms with Gasteiger partial charge in [-0.05, 0) is 44.2 Å². The third-order valence-corrected chi connectivity index (χ3v) is 5.65. The first-order valence-corrected chi connectivity index (χ1v) is 11.1. The van der Waals surface area contributed by atoms with Crippen LogP contribution in [0.25, 0.3) is 11.0 Å². The molecular formula is C24H30N6O2. The van der Waals surface area contributed by atoms with Crippen LogP contribution in [0.15, 0.2) is 47.9 Å². The van der Waals surface area contributed by atoms with E-state index >= 15 is 0 Å². The van der Waals surface area contributed by atoms with E-state index in [9.17, 15) is 5.11 Å². The van der Waals surface area contributed by atoms with Gasteiger partial charge in [-0.3, -0.25) is 4.99 Å². The van der Waals surface area contributed by atoms with E-state index in [1.165, 1.54) is 6.33 Å². The molecule has 4 rings (SSSR count). The van der Waals surface area contributed by atoms with E-state index < -0.39 is 0 Å². The molecular weight excluding hydrogens is 404 g/mol. The van der Waals surface area contributed by atoms with Gasteiger partial charge in [-0.25, -0.2) is 9.97 Å². The lowest BCUT2D eigenvalue weighted by atomic mass is 10.1. The van der Waals surface area contributed by atoms with Gasteiger partial charge in [-0.15, -0.1) is 0 Å². The zero-order valence-corrected chi connectivity index (χ0v) is 18.5. The van der Waals surface area contributed by atoms with Gasteiger partial charge >= 0.3 is 0 Å². The maximum Gasteiger partial charge on any atom is 0.199 e. The highest BCUT2D eigenvalue weighted by molar-refractivity contribution is 6.06. The fraction of sp³-hybridized carbons (Fsp3) is 0.375. The van der Waals surface area contributed by atoms with E-state index in [0.717, 1.165) is 62.3 Å². The maximum absolute atomic E-state index is 10.5. The van der Waals surface area contributed by atoms with Crippen LogP contribution in [-0.4, -0.2) is 57.9 Å². The second-order valence-corrected chi connectivity index (χ2v) is 8.02. The topological polar surface area (TPSA) is 98.7 Å². The summed E-state index contributed by atoms with van der Waals surface area (Å²) in [6.45, 7) is 6.56. The Morgan fingerprint density at radius 2 is 2.06 bits per heavy atom. The molecule has 0 aliphatic carbocycles. The number of hydrogen-bond donors (Lipinski definition) is 3. The Morgan fingerprint density at radius 1 is 1.16 bits per heavy atom. The number of aromatic nitrogens is 3. The Morgan fingerprint density at radius 3 is 2.97 bits per heavy atom. The minimum absolute atomic E-state index is 0.0119. The number of hydrogen-bond acceptors (Lipinski definition) is 7. The number of nitrogens with one attached hydrogen (secondary N) is 2. The molecule has 32 heavy (non-hydrogen) atoms. The summed E-state index contributed by atoms with van der Waals surface area (Å²) in [6, 6.07) is 7.64. The van der Waals surface area contributed by atoms with Gasteiger partial charge in [0.25, 0.3) is 0 Å². The molecule has 3 aromatic rings. The first-order valence-electron chi connectivity index (χ1n) is 11.1. The quantitative estimate of drug-likeness (QED) is 0.478. The van der Waals surface area contributed by atoms with Gasteiger partial charge < -0.3 is 25.0 Å². The van der Waals surface area contributed by atoms with Crippen molar-refractivity contribution >= 4 is 28.8 Å². The Hall–Kier alpha value is -3.55. The summed E-state index contributed by atoms with van der Waals surface area (Å²) in [4.78, 5) is 18.3. The van der Waals surface area contributed by atoms with Gasteiger partial charge in [0, 0.05) is 38.1 Å². The largest absolute Gasteiger partial charge is 0.494 e. The molecule has 0 radical (unpaired) electrons. The number of aromatic hydroxyl groups is 1. The van der Waals surface area contributed by atoms with Gasteiger partial charge in [0.05, 0.1) is 23.2 Å². The van der Waals surface area contributed by atoms with Gasteiger partial charge in [0.1, 0.15) is 23.5 Å². The van der Waals surface area contributed by atoms with Crippen molar-refractivity contribution in [1.29, 1.82) is 0 Å². The van der Waals surface area contributed by atoms with Crippen molar-refractivity contribution in [2.24, 2.45) is 4.99 Å². The normalized spacial score (nSPS) is 16.4. The van der Waals surface area contributed by atoms with Crippen LogP contribution in [0.5, 0.6) is 11.6 Å². The number of aliphatic imine (C=N–C) groups is 1. The third-order valence-electron chi connectivity index (χ3n) is 5.65. The minimum atomic E-state index is 0.0119. The highest BCUT2D eigenvalue weighted by Gasteiger charge is 2.15. The molecule has 0 unspecified atom stereocenters. The lowest BCUT2D eigenvalue weighted by Crippen LogP contribution is -2.21. The Kier molecular flexibility index (Phi) is 6.89. The molecule has 3 heterocycles. The van der Waals surface area contributed by atoms with Crippen molar-refractivity contribution in [3.05, 3.63) is 48.4 Å². The Balaban J connectivity index is 1.62. The zero-order valence-electron chi connectivity index (χ0n) is 18.5. The molecule has 3 N–H and O–H groups in total. The van der Waals surface area contributed by atoms with Gasteiger partial charge in [0.2, 0.25) is 0 Å². The smallest absolute Gasteiger partial charge is 0.199 e. The van der Waals surface area contributed by atoms with Crippen molar-refractivity contribution in [2.75, 3.05) is 32.1 Å². The van der Waals surface area contributed by atoms with Crippen LogP contribution in [0.4, 0.5) is 11.5 Å². The second kappa shape index (κ2) is 10.2. The number of nitrogens with zero attached hydrogens (tertiary/aromatic N) is 4. The van der Waals surface area contributed by atoms with E-state index in [0.29, 0.717) is 29.0 Å². The number of benzene rings is 1. The van der Waals surface area contributed by atoms with Crippen molar-refractivity contribution in [2.45, 2.75) is 32.1 Å². The summed E-state index contributed by atoms with van der Waals surface area (Å²) in [5, 5.41) is 14.6. The predicted octanol–water partition coefficient (Wildman–Crippen LogP) is 4.61. The molecule has 0 amide bonds. The van der Waals surface area contributed by atoms with Gasteiger partial charge in [-0.1, -0.05) is 12.6 Å². The summed E-state index contributed by atoms with van der Waals surface area (Å²) < 4.78 is 5.91. The highest BCUT2D eigenvalue weighted by Crippen LogP contribution is 2.30. The number of aromatic amines is 1. The molecule has 8 heteroatoms. The van der Waals surface area contributed by atoms with Crippen molar-refractivity contribution in [3.8, 4) is 11.6 Å². The van der Waals surface area contributed by atoms with Gasteiger partial charge in [-0.2, -0.15) is 0 Å². The second-order valence-electron chi connectivity index (χ2n) is 8.02. The Bertz CT molecular complexity index is 1110. The molecule has 0 spiro atoms. The minimum Gasteiger partial charge on any atom is -0.494 e. The molecule has 8 nitrogen and oxygen atoms in total. The number of H-pyrrole nitrogens is 1. The molecule has 1 aliphatic rings. The fourth-order valence-corrected chi connectivity index (χ4v) is 3.76. The van der Waals surface area contributed by atoms with Crippen LogP contribution in [-0.2, 0) is 0 Å².